The number of aromatic nitrogens is 3. The van der Waals surface area contributed by atoms with Crippen LogP contribution in [0.3, 0.4) is 0 Å². The molecule has 1 amide bonds. The van der Waals surface area contributed by atoms with Crippen molar-refractivity contribution < 1.29 is 4.79 Å². The summed E-state index contributed by atoms with van der Waals surface area (Å²) in [4.78, 5) is 17.8. The van der Waals surface area contributed by atoms with Crippen LogP contribution in [0.15, 0.2) is 72.9 Å². The lowest BCUT2D eigenvalue weighted by atomic mass is 10.1. The van der Waals surface area contributed by atoms with Gasteiger partial charge in [0.2, 0.25) is 0 Å². The van der Waals surface area contributed by atoms with Gasteiger partial charge in [0.25, 0.3) is 5.91 Å². The van der Waals surface area contributed by atoms with E-state index in [1.165, 1.54) is 16.9 Å². The lowest BCUT2D eigenvalue weighted by Gasteiger charge is -2.03. The molecule has 0 unspecified atom stereocenters. The van der Waals surface area contributed by atoms with Gasteiger partial charge in [-0.25, -0.2) is 4.98 Å². The maximum Gasteiger partial charge on any atom is 0.263 e. The Morgan fingerprint density at radius 3 is 2.43 bits per heavy atom. The Morgan fingerprint density at radius 1 is 1.00 bits per heavy atom. The van der Waals surface area contributed by atoms with Crippen molar-refractivity contribution in [2.45, 2.75) is 32.9 Å². The van der Waals surface area contributed by atoms with Gasteiger partial charge in [-0.3, -0.25) is 9.48 Å². The summed E-state index contributed by atoms with van der Waals surface area (Å²) in [6, 6.07) is 22.3. The van der Waals surface area contributed by atoms with Gasteiger partial charge in [0.1, 0.15) is 15.6 Å². The van der Waals surface area contributed by atoms with Crippen LogP contribution in [0.25, 0.3) is 10.7 Å². The standard InChI is InChI=1S/C24H24N4OS/c1-18-22(23(29)25-17-20-11-6-3-7-12-20)30-24(26-18)21-14-16-28(27-21)15-8-13-19-9-4-2-5-10-19/h2-7,9-12,14,16H,8,13,15,17H2,1H3,(H,25,29). The highest BCUT2D eigenvalue weighted by atomic mass is 32.1. The summed E-state index contributed by atoms with van der Waals surface area (Å²) in [5.74, 6) is -0.0950. The predicted octanol–water partition coefficient (Wildman–Crippen LogP) is 4.88. The van der Waals surface area contributed by atoms with Gasteiger partial charge < -0.3 is 5.32 Å². The molecule has 0 aliphatic carbocycles. The molecule has 4 rings (SSSR count). The predicted molar refractivity (Wildman–Crippen MR) is 120 cm³/mol. The van der Waals surface area contributed by atoms with E-state index in [1.807, 2.05) is 60.3 Å². The second-order valence-electron chi connectivity index (χ2n) is 7.16. The Bertz CT molecular complexity index is 1100. The Balaban J connectivity index is 1.36. The molecule has 0 saturated heterocycles. The number of nitrogens with one attached hydrogen (secondary N) is 1. The quantitative estimate of drug-likeness (QED) is 0.445. The molecule has 0 fully saturated rings. The topological polar surface area (TPSA) is 59.8 Å². The molecule has 6 heteroatoms. The molecule has 30 heavy (non-hydrogen) atoms. The molecular weight excluding hydrogens is 392 g/mol. The van der Waals surface area contributed by atoms with Crippen LogP contribution in [0.2, 0.25) is 0 Å². The third-order valence-corrected chi connectivity index (χ3v) is 6.03. The normalized spacial score (nSPS) is 10.8. The molecular formula is C24H24N4OS. The number of hydrogen-bond donors (Lipinski definition) is 1. The van der Waals surface area contributed by atoms with Crippen LogP contribution in [0.5, 0.6) is 0 Å². The third-order valence-electron chi connectivity index (χ3n) is 4.85. The van der Waals surface area contributed by atoms with E-state index >= 15 is 0 Å². The largest absolute Gasteiger partial charge is 0.347 e. The number of thiazole rings is 1. The molecule has 2 aromatic carbocycles. The fraction of sp³-hybridized carbons (Fsp3) is 0.208. The van der Waals surface area contributed by atoms with Crippen molar-refractivity contribution in [3.05, 3.63) is 94.6 Å². The van der Waals surface area contributed by atoms with Crippen molar-refractivity contribution in [2.24, 2.45) is 0 Å². The summed E-state index contributed by atoms with van der Waals surface area (Å²) >= 11 is 1.39. The number of amides is 1. The van der Waals surface area contributed by atoms with E-state index in [2.05, 4.69) is 39.7 Å². The van der Waals surface area contributed by atoms with E-state index in [9.17, 15) is 4.79 Å². The van der Waals surface area contributed by atoms with Gasteiger partial charge in [-0.2, -0.15) is 5.10 Å². The minimum atomic E-state index is -0.0950. The van der Waals surface area contributed by atoms with Crippen LogP contribution in [-0.2, 0) is 19.5 Å². The van der Waals surface area contributed by atoms with Crippen LogP contribution in [0.4, 0.5) is 0 Å². The third kappa shape index (κ3) is 5.02. The van der Waals surface area contributed by atoms with Crippen LogP contribution >= 0.6 is 11.3 Å². The molecule has 2 heterocycles. The maximum absolute atomic E-state index is 12.6. The van der Waals surface area contributed by atoms with Crippen LogP contribution in [0.1, 0.15) is 32.9 Å². The van der Waals surface area contributed by atoms with Crippen molar-refractivity contribution in [3.63, 3.8) is 0 Å². The monoisotopic (exact) mass is 416 g/mol. The number of hydrogen-bond acceptors (Lipinski definition) is 4. The lowest BCUT2D eigenvalue weighted by Crippen LogP contribution is -2.22. The molecule has 152 valence electrons. The summed E-state index contributed by atoms with van der Waals surface area (Å²) in [6.45, 7) is 3.22. The van der Waals surface area contributed by atoms with Crippen LogP contribution in [0, 0.1) is 6.92 Å². The second-order valence-corrected chi connectivity index (χ2v) is 8.15. The molecule has 4 aromatic rings. The SMILES string of the molecule is Cc1nc(-c2ccn(CCCc3ccccc3)n2)sc1C(=O)NCc1ccccc1. The van der Waals surface area contributed by atoms with Crippen molar-refractivity contribution >= 4 is 17.2 Å². The Morgan fingerprint density at radius 2 is 1.70 bits per heavy atom. The summed E-state index contributed by atoms with van der Waals surface area (Å²) < 4.78 is 1.95. The molecule has 0 spiro atoms. The van der Waals surface area contributed by atoms with Gasteiger partial charge in [0, 0.05) is 19.3 Å². The fourth-order valence-electron chi connectivity index (χ4n) is 3.27. The van der Waals surface area contributed by atoms with Crippen LogP contribution < -0.4 is 5.32 Å². The molecule has 0 radical (unpaired) electrons. The maximum atomic E-state index is 12.6. The number of aryl methyl sites for hydroxylation is 3. The zero-order valence-electron chi connectivity index (χ0n) is 16.9. The molecule has 5 nitrogen and oxygen atoms in total. The summed E-state index contributed by atoms with van der Waals surface area (Å²) in [5, 5.41) is 8.40. The zero-order chi connectivity index (χ0) is 20.8. The average Bonchev–Trinajstić information content (AvgIpc) is 3.40. The van der Waals surface area contributed by atoms with Gasteiger partial charge in [-0.1, -0.05) is 60.7 Å². The molecule has 0 saturated carbocycles. The number of rotatable bonds is 8. The van der Waals surface area contributed by atoms with Gasteiger partial charge in [-0.05, 0) is 37.0 Å². The highest BCUT2D eigenvalue weighted by molar-refractivity contribution is 7.17. The molecule has 1 N–H and O–H groups in total. The van der Waals surface area contributed by atoms with Crippen molar-refractivity contribution in [3.8, 4) is 10.7 Å². The molecule has 2 aromatic heterocycles. The Labute approximate surface area is 180 Å². The average molecular weight is 417 g/mol. The number of carbonyl (C=O) groups is 1. The molecule has 0 bridgehead atoms. The van der Waals surface area contributed by atoms with E-state index in [0.717, 1.165) is 41.3 Å². The van der Waals surface area contributed by atoms with E-state index in [-0.39, 0.29) is 5.91 Å². The highest BCUT2D eigenvalue weighted by Gasteiger charge is 2.17. The van der Waals surface area contributed by atoms with E-state index in [1.54, 1.807) is 0 Å². The lowest BCUT2D eigenvalue weighted by molar-refractivity contribution is 0.0954. The Hall–Kier alpha value is -3.25. The Kier molecular flexibility index (Phi) is 6.35. The molecule has 0 aliphatic heterocycles. The number of benzene rings is 2. The van der Waals surface area contributed by atoms with Crippen molar-refractivity contribution in [1.82, 2.24) is 20.1 Å². The molecule has 0 atom stereocenters. The summed E-state index contributed by atoms with van der Waals surface area (Å²) in [5.41, 5.74) is 3.96. The first-order valence-corrected chi connectivity index (χ1v) is 10.9. The van der Waals surface area contributed by atoms with Crippen LogP contribution in [-0.4, -0.2) is 20.7 Å². The van der Waals surface area contributed by atoms with Crippen molar-refractivity contribution in [2.75, 3.05) is 0 Å². The number of nitrogens with zero attached hydrogens (tertiary/aromatic N) is 3. The molecule has 0 aliphatic rings. The fourth-order valence-corrected chi connectivity index (χ4v) is 4.21. The number of carbonyl (C=O) groups excluding carboxylic acids is 1. The van der Waals surface area contributed by atoms with Gasteiger partial charge in [0.05, 0.1) is 5.69 Å². The summed E-state index contributed by atoms with van der Waals surface area (Å²) in [7, 11) is 0. The first kappa shape index (κ1) is 20.0. The van der Waals surface area contributed by atoms with E-state index in [0.29, 0.717) is 11.4 Å². The minimum Gasteiger partial charge on any atom is -0.347 e. The van der Waals surface area contributed by atoms with Crippen molar-refractivity contribution in [1.29, 1.82) is 0 Å². The van der Waals surface area contributed by atoms with Gasteiger partial charge in [0.15, 0.2) is 0 Å². The second kappa shape index (κ2) is 9.50. The minimum absolute atomic E-state index is 0.0950. The van der Waals surface area contributed by atoms with Gasteiger partial charge >= 0.3 is 0 Å². The first-order valence-electron chi connectivity index (χ1n) is 10.1. The smallest absolute Gasteiger partial charge is 0.263 e. The first-order chi connectivity index (χ1) is 14.7. The zero-order valence-corrected chi connectivity index (χ0v) is 17.7. The van der Waals surface area contributed by atoms with E-state index < -0.39 is 0 Å². The summed E-state index contributed by atoms with van der Waals surface area (Å²) in [6.07, 6.45) is 4.03. The highest BCUT2D eigenvalue weighted by Crippen LogP contribution is 2.26. The van der Waals surface area contributed by atoms with E-state index in [4.69, 9.17) is 0 Å². The van der Waals surface area contributed by atoms with Gasteiger partial charge in [-0.15, -0.1) is 11.3 Å².